The normalized spacial score (nSPS) is 21.2. The van der Waals surface area contributed by atoms with Crippen molar-refractivity contribution in [3.63, 3.8) is 0 Å². The molecule has 1 spiro atoms. The van der Waals surface area contributed by atoms with Gasteiger partial charge in [-0.25, -0.2) is 18.1 Å². The van der Waals surface area contributed by atoms with E-state index in [-0.39, 0.29) is 34.4 Å². The van der Waals surface area contributed by atoms with E-state index < -0.39 is 37.0 Å². The molecule has 2 saturated heterocycles. The predicted molar refractivity (Wildman–Crippen MR) is 298 cm³/mol. The summed E-state index contributed by atoms with van der Waals surface area (Å²) in [7, 11) is -1.37. The second-order valence-corrected chi connectivity index (χ2v) is 24.3. The number of H-pyrrole nitrogens is 1. The number of hydrogen-bond donors (Lipinski definition) is 4. The molecule has 1 amide bonds. The molecule has 2 aromatic heterocycles. The van der Waals surface area contributed by atoms with Gasteiger partial charge in [0.25, 0.3) is 21.6 Å². The number of nitro groups is 1. The zero-order valence-electron chi connectivity index (χ0n) is 44.4. The van der Waals surface area contributed by atoms with Crippen LogP contribution in [0.4, 0.5) is 17.1 Å². The van der Waals surface area contributed by atoms with Crippen LogP contribution >= 0.6 is 11.6 Å². The summed E-state index contributed by atoms with van der Waals surface area (Å²) in [5.74, 6) is 1.26. The van der Waals surface area contributed by atoms with Crippen LogP contribution in [-0.4, -0.2) is 109 Å². The Bertz CT molecular complexity index is 3250. The number of carbonyl (C=O) groups is 1. The quantitative estimate of drug-likeness (QED) is 0.0496. The molecule has 77 heavy (non-hydrogen) atoms. The van der Waals surface area contributed by atoms with Crippen LogP contribution in [-0.2, 0) is 16.6 Å². The van der Waals surface area contributed by atoms with E-state index >= 15 is 0 Å². The number of hydrogen-bond acceptors (Lipinski definition) is 14. The van der Waals surface area contributed by atoms with E-state index in [1.54, 1.807) is 38.6 Å². The molecule has 4 fully saturated rings. The van der Waals surface area contributed by atoms with Gasteiger partial charge in [-0.05, 0) is 141 Å². The van der Waals surface area contributed by atoms with Gasteiger partial charge in [0, 0.05) is 87.3 Å². The monoisotopic (exact) mass is 1090 g/mol. The maximum Gasteiger partial charge on any atom is 0.293 e. The van der Waals surface area contributed by atoms with Crippen LogP contribution in [0.5, 0.6) is 23.0 Å². The molecule has 6 aromatic rings. The highest BCUT2D eigenvalue weighted by Crippen LogP contribution is 2.54. The molecule has 19 heteroatoms. The van der Waals surface area contributed by atoms with Crippen LogP contribution in [0.25, 0.3) is 11.0 Å². The van der Waals surface area contributed by atoms with Crippen molar-refractivity contribution in [2.75, 3.05) is 63.7 Å². The number of piperidine rings is 1. The lowest BCUT2D eigenvalue weighted by molar-refractivity contribution is -0.384. The molecule has 17 nitrogen and oxygen atoms in total. The highest BCUT2D eigenvalue weighted by molar-refractivity contribution is 7.90. The topological polar surface area (TPSA) is 205 Å². The zero-order valence-corrected chi connectivity index (χ0v) is 46.0. The van der Waals surface area contributed by atoms with Gasteiger partial charge in [0.15, 0.2) is 11.5 Å². The Morgan fingerprint density at radius 3 is 2.44 bits per heavy atom. The Morgan fingerprint density at radius 1 is 0.948 bits per heavy atom. The molecule has 1 atom stereocenters. The molecule has 2 aliphatic carbocycles. The number of aliphatic hydroxyl groups is 1. The third-order valence-corrected chi connectivity index (χ3v) is 18.3. The molecule has 0 radical (unpaired) electrons. The lowest BCUT2D eigenvalue weighted by Gasteiger charge is -2.58. The molecule has 2 aliphatic heterocycles. The number of carbonyl (C=O) groups excluding carboxylic acids is 1. The molecule has 408 valence electrons. The van der Waals surface area contributed by atoms with E-state index in [9.17, 15) is 28.4 Å². The number of nitrogens with zero attached hydrogens (tertiary/aromatic N) is 5. The summed E-state index contributed by atoms with van der Waals surface area (Å²) in [6, 6.07) is 25.9. The van der Waals surface area contributed by atoms with Gasteiger partial charge in [0.2, 0.25) is 0 Å². The lowest BCUT2D eigenvalue weighted by Crippen LogP contribution is -2.60. The van der Waals surface area contributed by atoms with Crippen molar-refractivity contribution < 1.29 is 37.5 Å². The van der Waals surface area contributed by atoms with Gasteiger partial charge < -0.3 is 34.5 Å². The summed E-state index contributed by atoms with van der Waals surface area (Å²) in [6.45, 7) is 11.8. The molecule has 10 rings (SSSR count). The average molecular weight is 1090 g/mol. The molecule has 0 bridgehead atoms. The number of benzene rings is 4. The molecular weight excluding hydrogens is 1020 g/mol. The van der Waals surface area contributed by atoms with Crippen LogP contribution in [0.3, 0.4) is 0 Å². The number of ether oxygens (including phenoxy) is 3. The number of nitro benzene ring substituents is 1. The van der Waals surface area contributed by atoms with Crippen LogP contribution < -0.4 is 29.1 Å². The van der Waals surface area contributed by atoms with Crippen molar-refractivity contribution in [2.45, 2.75) is 107 Å². The van der Waals surface area contributed by atoms with Gasteiger partial charge >= 0.3 is 0 Å². The van der Waals surface area contributed by atoms with Crippen molar-refractivity contribution in [1.29, 1.82) is 0 Å². The van der Waals surface area contributed by atoms with Crippen LogP contribution in [0, 0.1) is 21.4 Å². The van der Waals surface area contributed by atoms with Crippen LogP contribution in [0.2, 0.25) is 5.02 Å². The number of nitrogens with one attached hydrogen (secondary N) is 3. The van der Waals surface area contributed by atoms with Crippen molar-refractivity contribution in [2.24, 2.45) is 11.3 Å². The van der Waals surface area contributed by atoms with Gasteiger partial charge in [-0.15, -0.1) is 0 Å². The van der Waals surface area contributed by atoms with E-state index in [0.717, 1.165) is 100 Å². The Labute approximate surface area is 455 Å². The first-order valence-corrected chi connectivity index (χ1v) is 28.6. The molecule has 2 saturated carbocycles. The summed E-state index contributed by atoms with van der Waals surface area (Å²) in [6.07, 6.45) is 10.3. The van der Waals surface area contributed by atoms with Crippen molar-refractivity contribution in [1.82, 2.24) is 24.5 Å². The molecule has 4 N–H and O–H groups in total. The van der Waals surface area contributed by atoms with Crippen molar-refractivity contribution in [3.05, 3.63) is 135 Å². The lowest BCUT2D eigenvalue weighted by atomic mass is 9.59. The number of fused-ring (bicyclic) bond motifs is 1. The maximum absolute atomic E-state index is 14.1. The fourth-order valence-corrected chi connectivity index (χ4v) is 13.5. The Kier molecular flexibility index (Phi) is 15.5. The first-order chi connectivity index (χ1) is 36.9. The van der Waals surface area contributed by atoms with E-state index in [0.29, 0.717) is 59.3 Å². The van der Waals surface area contributed by atoms with Gasteiger partial charge in [-0.1, -0.05) is 49.7 Å². The molecular formula is C58H69ClN8O9S. The molecule has 1 unspecified atom stereocenters. The molecule has 4 aliphatic rings. The third kappa shape index (κ3) is 11.7. The number of halogens is 1. The molecule has 4 aromatic carbocycles. The number of pyridine rings is 1. The smallest absolute Gasteiger partial charge is 0.293 e. The minimum Gasteiger partial charge on any atom is -0.493 e. The minimum absolute atomic E-state index is 0.0396. The number of aromatic nitrogens is 2. The zero-order chi connectivity index (χ0) is 54.2. The fourth-order valence-electron chi connectivity index (χ4n) is 12.2. The van der Waals surface area contributed by atoms with Crippen molar-refractivity contribution in [3.8, 4) is 23.0 Å². The third-order valence-electron chi connectivity index (χ3n) is 16.7. The fraction of sp³-hybridized carbons (Fsp3) is 0.448. The second kappa shape index (κ2) is 22.1. The first-order valence-electron chi connectivity index (χ1n) is 26.7. The highest BCUT2D eigenvalue weighted by atomic mass is 35.5. The maximum atomic E-state index is 14.1. The number of aromatic amines is 1. The predicted octanol–water partition coefficient (Wildman–Crippen LogP) is 10.8. The Morgan fingerprint density at radius 2 is 1.71 bits per heavy atom. The van der Waals surface area contributed by atoms with Crippen LogP contribution in [0.1, 0.15) is 111 Å². The van der Waals surface area contributed by atoms with Gasteiger partial charge in [-0.2, -0.15) is 0 Å². The minimum atomic E-state index is -4.60. The number of methoxy groups -OCH3 is 2. The van der Waals surface area contributed by atoms with E-state index in [2.05, 4.69) is 72.8 Å². The summed E-state index contributed by atoms with van der Waals surface area (Å²) < 4.78 is 47.5. The van der Waals surface area contributed by atoms with Gasteiger partial charge in [0.1, 0.15) is 22.8 Å². The van der Waals surface area contributed by atoms with E-state index in [1.165, 1.54) is 29.5 Å². The number of piperazine rings is 1. The van der Waals surface area contributed by atoms with E-state index in [4.69, 9.17) is 25.8 Å². The number of amides is 1. The Hall–Kier alpha value is -6.44. The van der Waals surface area contributed by atoms with E-state index in [1.807, 2.05) is 31.2 Å². The highest BCUT2D eigenvalue weighted by Gasteiger charge is 2.50. The largest absolute Gasteiger partial charge is 0.493 e. The van der Waals surface area contributed by atoms with Gasteiger partial charge in [-0.3, -0.25) is 24.7 Å². The van der Waals surface area contributed by atoms with Crippen LogP contribution in [0.15, 0.2) is 102 Å². The standard InChI is InChI=1S/C58H69ClN8O9S/c1-37(2)45-8-6-7-9-46(45)51-36-64(35-39-26-48(59)54(75-5)53(27-39)74-4)24-25-66(51)42-31-58(32-42)19-22-65(23-20-58)41-10-12-47(52(29-41)76-43-28-40-16-21-60-55(40)62-34-43)56(68)63-77(72,73)44-11-13-49(50(30-44)67(70)71)61-33-38-14-17-57(3,69)18-15-38/h6-13,16,21,26-30,34,37-38,42,51,61,69H,14-15,17-20,22-25,31-33,35-36H2,1-5H3,(H,60,62)(H,63,68)/t38-,51?,57-. The average Bonchev–Trinajstić information content (AvgIpc) is 3.90. The van der Waals surface area contributed by atoms with Gasteiger partial charge in [0.05, 0.1) is 46.4 Å². The first kappa shape index (κ1) is 53.9. The summed E-state index contributed by atoms with van der Waals surface area (Å²) in [5.41, 5.74) is 4.50. The summed E-state index contributed by atoms with van der Waals surface area (Å²) in [5, 5.41) is 27.0. The second-order valence-electron chi connectivity index (χ2n) is 22.2. The van der Waals surface area contributed by atoms with Crippen molar-refractivity contribution >= 4 is 55.6 Å². The number of anilines is 2. The summed E-state index contributed by atoms with van der Waals surface area (Å²) in [4.78, 5) is 40.4. The Balaban J connectivity index is 0.832. The molecule has 4 heterocycles. The summed E-state index contributed by atoms with van der Waals surface area (Å²) >= 11 is 6.66. The number of sulfonamides is 1. The SMILES string of the molecule is COc1cc(CN2CCN(C3CC4(CCN(c5ccc(C(=O)NS(=O)(=O)c6ccc(NC[C@H]7CC[C@](C)(O)CC7)c([N+](=O)[O-])c6)c(Oc6cnc7[nH]ccc7c6)c5)CC4)C3)C(c3ccccc3C(C)C)C2)cc(Cl)c1OC. The number of rotatable bonds is 17.